The van der Waals surface area contributed by atoms with Crippen molar-refractivity contribution in [1.82, 2.24) is 18.4 Å². The highest BCUT2D eigenvalue weighted by Gasteiger charge is 2.32. The molecule has 1 aliphatic rings. The van der Waals surface area contributed by atoms with Gasteiger partial charge in [-0.25, -0.2) is 18.2 Å². The molecule has 0 unspecified atom stereocenters. The molecule has 10 heteroatoms. The van der Waals surface area contributed by atoms with Crippen molar-refractivity contribution in [3.8, 4) is 0 Å². The Morgan fingerprint density at radius 1 is 1.17 bits per heavy atom. The van der Waals surface area contributed by atoms with E-state index in [1.54, 1.807) is 42.6 Å². The van der Waals surface area contributed by atoms with Crippen LogP contribution in [0.5, 0.6) is 0 Å². The summed E-state index contributed by atoms with van der Waals surface area (Å²) < 4.78 is 30.0. The fraction of sp³-hybridized carbons (Fsp3) is 0.350. The van der Waals surface area contributed by atoms with E-state index in [9.17, 15) is 18.0 Å². The van der Waals surface area contributed by atoms with Crippen LogP contribution in [0.4, 0.5) is 0 Å². The number of pyridine rings is 1. The molecule has 3 aromatic rings. The number of aliphatic carboxylic acids is 1. The lowest BCUT2D eigenvalue weighted by Gasteiger charge is -2.31. The van der Waals surface area contributed by atoms with Gasteiger partial charge in [0.2, 0.25) is 10.0 Å². The second kappa shape index (κ2) is 7.69. The molecule has 0 amide bonds. The summed E-state index contributed by atoms with van der Waals surface area (Å²) in [6.45, 7) is 1.99. The third kappa shape index (κ3) is 3.52. The van der Waals surface area contributed by atoms with Crippen LogP contribution in [0.2, 0.25) is 0 Å². The predicted octanol–water partition coefficient (Wildman–Crippen LogP) is 1.62. The molecular weight excluding hydrogens is 408 g/mol. The highest BCUT2D eigenvalue weighted by Crippen LogP contribution is 2.28. The molecule has 1 aromatic carbocycles. The maximum atomic E-state index is 12.9. The molecule has 1 fully saturated rings. The molecule has 1 N–H and O–H groups in total. The summed E-state index contributed by atoms with van der Waals surface area (Å²) in [7, 11) is -3.60. The van der Waals surface area contributed by atoms with Crippen molar-refractivity contribution in [2.24, 2.45) is 0 Å². The van der Waals surface area contributed by atoms with Crippen LogP contribution in [0.3, 0.4) is 0 Å². The van der Waals surface area contributed by atoms with Gasteiger partial charge >= 0.3 is 11.7 Å². The van der Waals surface area contributed by atoms with Gasteiger partial charge in [-0.1, -0.05) is 17.7 Å². The molecule has 1 aliphatic heterocycles. The lowest BCUT2D eigenvalue weighted by atomic mass is 10.1. The van der Waals surface area contributed by atoms with Gasteiger partial charge in [0, 0.05) is 25.3 Å². The Hall–Kier alpha value is -2.98. The van der Waals surface area contributed by atoms with Crippen LogP contribution in [0.1, 0.15) is 24.4 Å². The summed E-state index contributed by atoms with van der Waals surface area (Å²) in [5.41, 5.74) is 1.42. The summed E-state index contributed by atoms with van der Waals surface area (Å²) in [6, 6.07) is 9.80. The molecule has 0 bridgehead atoms. The first-order valence-electron chi connectivity index (χ1n) is 9.63. The van der Waals surface area contributed by atoms with Gasteiger partial charge in [0.05, 0.1) is 10.4 Å². The summed E-state index contributed by atoms with van der Waals surface area (Å²) >= 11 is 0. The number of benzene rings is 1. The average molecular weight is 430 g/mol. The lowest BCUT2D eigenvalue weighted by molar-refractivity contribution is -0.137. The molecule has 1 saturated heterocycles. The van der Waals surface area contributed by atoms with Crippen molar-refractivity contribution in [3.05, 3.63) is 58.6 Å². The van der Waals surface area contributed by atoms with E-state index in [0.29, 0.717) is 24.0 Å². The van der Waals surface area contributed by atoms with E-state index in [4.69, 9.17) is 5.11 Å². The number of hydrogen-bond donors (Lipinski definition) is 1. The van der Waals surface area contributed by atoms with E-state index in [1.165, 1.54) is 13.4 Å². The number of sulfonamides is 1. The Balaban J connectivity index is 1.61. The van der Waals surface area contributed by atoms with Crippen LogP contribution in [0.15, 0.2) is 52.3 Å². The van der Waals surface area contributed by atoms with E-state index >= 15 is 0 Å². The Labute approximate surface area is 173 Å². The molecule has 4 rings (SSSR count). The van der Waals surface area contributed by atoms with Crippen LogP contribution in [-0.2, 0) is 21.4 Å². The zero-order valence-corrected chi connectivity index (χ0v) is 17.2. The number of piperidine rings is 1. The minimum Gasteiger partial charge on any atom is -0.480 e. The Morgan fingerprint density at radius 2 is 1.83 bits per heavy atom. The number of aromatic nitrogens is 3. The number of aryl methyl sites for hydroxylation is 1. The van der Waals surface area contributed by atoms with E-state index in [2.05, 4.69) is 4.98 Å². The molecular formula is C20H22N4O5S. The molecule has 0 aliphatic carbocycles. The Morgan fingerprint density at radius 3 is 2.47 bits per heavy atom. The van der Waals surface area contributed by atoms with Gasteiger partial charge < -0.3 is 5.11 Å². The minimum absolute atomic E-state index is 0.253. The number of rotatable bonds is 5. The van der Waals surface area contributed by atoms with E-state index in [1.807, 2.05) is 6.92 Å². The summed E-state index contributed by atoms with van der Waals surface area (Å²) in [6.07, 6.45) is 2.43. The van der Waals surface area contributed by atoms with Gasteiger partial charge in [-0.3, -0.25) is 13.9 Å². The van der Waals surface area contributed by atoms with Crippen molar-refractivity contribution >= 4 is 27.2 Å². The molecule has 9 nitrogen and oxygen atoms in total. The molecule has 30 heavy (non-hydrogen) atoms. The molecule has 2 aromatic heterocycles. The van der Waals surface area contributed by atoms with Gasteiger partial charge in [0.25, 0.3) is 0 Å². The van der Waals surface area contributed by atoms with Gasteiger partial charge in [-0.2, -0.15) is 4.31 Å². The van der Waals surface area contributed by atoms with Crippen molar-refractivity contribution in [2.75, 3.05) is 13.1 Å². The fourth-order valence-electron chi connectivity index (χ4n) is 3.93. The molecule has 158 valence electrons. The van der Waals surface area contributed by atoms with Crippen LogP contribution in [0.25, 0.3) is 11.2 Å². The highest BCUT2D eigenvalue weighted by atomic mass is 32.2. The predicted molar refractivity (Wildman–Crippen MR) is 110 cm³/mol. The molecule has 0 atom stereocenters. The zero-order valence-electron chi connectivity index (χ0n) is 16.4. The highest BCUT2D eigenvalue weighted by molar-refractivity contribution is 7.89. The third-order valence-electron chi connectivity index (χ3n) is 5.46. The maximum Gasteiger partial charge on any atom is 0.331 e. The van der Waals surface area contributed by atoms with E-state index in [0.717, 1.165) is 5.56 Å². The van der Waals surface area contributed by atoms with Crippen molar-refractivity contribution in [1.29, 1.82) is 0 Å². The first-order chi connectivity index (χ1) is 14.3. The van der Waals surface area contributed by atoms with Crippen molar-refractivity contribution in [2.45, 2.75) is 37.2 Å². The van der Waals surface area contributed by atoms with Gasteiger partial charge in [0.15, 0.2) is 5.65 Å². The standard InChI is InChI=1S/C20H22N4O5S/c1-14-4-6-16(7-5-14)30(28,29)22-11-8-15(9-12-22)24-19-17(3-2-10-21-19)23(20(24)27)13-18(25)26/h2-7,10,15H,8-9,11-13H2,1H3,(H,25,26). The summed E-state index contributed by atoms with van der Waals surface area (Å²) in [5.74, 6) is -1.11. The van der Waals surface area contributed by atoms with Crippen LogP contribution < -0.4 is 5.69 Å². The second-order valence-corrected chi connectivity index (χ2v) is 9.36. The van der Waals surface area contributed by atoms with Crippen LogP contribution >= 0.6 is 0 Å². The van der Waals surface area contributed by atoms with E-state index < -0.39 is 28.2 Å². The monoisotopic (exact) mass is 430 g/mol. The smallest absolute Gasteiger partial charge is 0.331 e. The number of nitrogens with zero attached hydrogens (tertiary/aromatic N) is 4. The number of carboxylic acid groups (broad SMARTS) is 1. The second-order valence-electron chi connectivity index (χ2n) is 7.43. The molecule has 0 radical (unpaired) electrons. The number of imidazole rings is 1. The van der Waals surface area contributed by atoms with E-state index in [-0.39, 0.29) is 24.0 Å². The van der Waals surface area contributed by atoms with Gasteiger partial charge in [-0.15, -0.1) is 0 Å². The van der Waals surface area contributed by atoms with Gasteiger partial charge in [0.1, 0.15) is 6.54 Å². The van der Waals surface area contributed by atoms with Crippen LogP contribution in [-0.4, -0.2) is 51.0 Å². The zero-order chi connectivity index (χ0) is 21.5. The van der Waals surface area contributed by atoms with Gasteiger partial charge in [-0.05, 0) is 44.0 Å². The maximum absolute atomic E-state index is 12.9. The van der Waals surface area contributed by atoms with Crippen LogP contribution in [0, 0.1) is 6.92 Å². The number of carboxylic acids is 1. The lowest BCUT2D eigenvalue weighted by Crippen LogP contribution is -2.41. The Kier molecular flexibility index (Phi) is 5.20. The number of fused-ring (bicyclic) bond motifs is 1. The van der Waals surface area contributed by atoms with Crippen molar-refractivity contribution in [3.63, 3.8) is 0 Å². The minimum atomic E-state index is -3.60. The molecule has 0 spiro atoms. The fourth-order valence-corrected chi connectivity index (χ4v) is 5.40. The quantitative estimate of drug-likeness (QED) is 0.658. The van der Waals surface area contributed by atoms with Crippen molar-refractivity contribution < 1.29 is 18.3 Å². The summed E-state index contributed by atoms with van der Waals surface area (Å²) in [4.78, 5) is 28.7. The SMILES string of the molecule is Cc1ccc(S(=O)(=O)N2CCC(n3c(=O)n(CC(=O)O)c4cccnc43)CC2)cc1. The average Bonchev–Trinajstić information content (AvgIpc) is 3.00. The molecule has 0 saturated carbocycles. The first kappa shape index (κ1) is 20.3. The largest absolute Gasteiger partial charge is 0.480 e. The normalized spacial score (nSPS) is 16.2. The third-order valence-corrected chi connectivity index (χ3v) is 7.38. The number of carbonyl (C=O) groups is 1. The Bertz CT molecular complexity index is 1250. The number of hydrogen-bond acceptors (Lipinski definition) is 5. The summed E-state index contributed by atoms with van der Waals surface area (Å²) in [5, 5.41) is 9.16. The first-order valence-corrected chi connectivity index (χ1v) is 11.1. The molecule has 3 heterocycles. The topological polar surface area (TPSA) is 114 Å².